The van der Waals surface area contributed by atoms with Crippen molar-refractivity contribution in [1.82, 2.24) is 10.3 Å². The van der Waals surface area contributed by atoms with Gasteiger partial charge in [-0.1, -0.05) is 0 Å². The van der Waals surface area contributed by atoms with E-state index in [-0.39, 0.29) is 11.9 Å². The van der Waals surface area contributed by atoms with Gasteiger partial charge in [-0.3, -0.25) is 9.78 Å². The second kappa shape index (κ2) is 4.97. The second-order valence-electron chi connectivity index (χ2n) is 4.41. The molecule has 20 heavy (non-hydrogen) atoms. The van der Waals surface area contributed by atoms with Crippen molar-refractivity contribution in [3.8, 4) is 0 Å². The fourth-order valence-corrected chi connectivity index (χ4v) is 2.97. The number of hydrogen-bond donors (Lipinski definition) is 2. The van der Waals surface area contributed by atoms with Crippen LogP contribution in [0.15, 0.2) is 41.1 Å². The number of thiophene rings is 1. The predicted molar refractivity (Wildman–Crippen MR) is 78.6 cm³/mol. The lowest BCUT2D eigenvalue weighted by Gasteiger charge is -2.10. The molecule has 1 unspecified atom stereocenters. The molecule has 6 heteroatoms. The number of aromatic nitrogens is 1. The number of nitrogens with zero attached hydrogens (tertiary/aromatic N) is 1. The van der Waals surface area contributed by atoms with Gasteiger partial charge >= 0.3 is 0 Å². The van der Waals surface area contributed by atoms with Crippen molar-refractivity contribution in [2.24, 2.45) is 0 Å². The molecule has 0 radical (unpaired) electrons. The Morgan fingerprint density at radius 3 is 3.00 bits per heavy atom. The highest BCUT2D eigenvalue weighted by molar-refractivity contribution is 7.21. The lowest BCUT2D eigenvalue weighted by molar-refractivity contribution is 0.0940. The molecule has 5 nitrogen and oxygen atoms in total. The van der Waals surface area contributed by atoms with E-state index in [0.717, 1.165) is 4.70 Å². The minimum atomic E-state index is -0.214. The molecule has 3 aromatic heterocycles. The molecule has 3 N–H and O–H groups in total. The van der Waals surface area contributed by atoms with E-state index in [1.165, 1.54) is 11.3 Å². The quantitative estimate of drug-likeness (QED) is 0.776. The van der Waals surface area contributed by atoms with Crippen molar-refractivity contribution in [2.45, 2.75) is 13.0 Å². The molecule has 3 heterocycles. The molecule has 0 aliphatic carbocycles. The van der Waals surface area contributed by atoms with E-state index in [0.29, 0.717) is 21.8 Å². The summed E-state index contributed by atoms with van der Waals surface area (Å²) in [5, 5.41) is 2.87. The molecule has 0 aromatic carbocycles. The fourth-order valence-electron chi connectivity index (χ4n) is 1.99. The van der Waals surface area contributed by atoms with Gasteiger partial charge in [0.25, 0.3) is 5.91 Å². The van der Waals surface area contributed by atoms with Crippen molar-refractivity contribution in [3.63, 3.8) is 0 Å². The molecule has 0 saturated heterocycles. The molecule has 0 aliphatic heterocycles. The molecule has 102 valence electrons. The Morgan fingerprint density at radius 1 is 1.45 bits per heavy atom. The maximum atomic E-state index is 12.3. The van der Waals surface area contributed by atoms with E-state index in [1.807, 2.05) is 25.1 Å². The van der Waals surface area contributed by atoms with Gasteiger partial charge in [0.15, 0.2) is 0 Å². The van der Waals surface area contributed by atoms with Crippen LogP contribution in [0.25, 0.3) is 10.2 Å². The predicted octanol–water partition coefficient (Wildman–Crippen LogP) is 2.96. The van der Waals surface area contributed by atoms with Crippen LogP contribution >= 0.6 is 11.3 Å². The highest BCUT2D eigenvalue weighted by Crippen LogP contribution is 2.32. The summed E-state index contributed by atoms with van der Waals surface area (Å²) in [5.74, 6) is 0.491. The van der Waals surface area contributed by atoms with Crippen LogP contribution in [0, 0.1) is 0 Å². The fraction of sp³-hybridized carbons (Fsp3) is 0.143. The van der Waals surface area contributed by atoms with E-state index in [1.54, 1.807) is 18.5 Å². The van der Waals surface area contributed by atoms with Crippen molar-refractivity contribution in [1.29, 1.82) is 0 Å². The van der Waals surface area contributed by atoms with Crippen LogP contribution in [-0.2, 0) is 0 Å². The molecule has 1 atom stereocenters. The first-order valence-corrected chi connectivity index (χ1v) is 6.95. The Kier molecular flexibility index (Phi) is 3.15. The van der Waals surface area contributed by atoms with Gasteiger partial charge in [-0.2, -0.15) is 0 Å². The number of pyridine rings is 1. The third kappa shape index (κ3) is 2.14. The zero-order valence-electron chi connectivity index (χ0n) is 10.8. The number of hydrogen-bond acceptors (Lipinski definition) is 5. The van der Waals surface area contributed by atoms with Crippen LogP contribution < -0.4 is 11.1 Å². The zero-order chi connectivity index (χ0) is 14.1. The van der Waals surface area contributed by atoms with Gasteiger partial charge < -0.3 is 15.5 Å². The van der Waals surface area contributed by atoms with E-state index >= 15 is 0 Å². The first-order chi connectivity index (χ1) is 9.66. The summed E-state index contributed by atoms with van der Waals surface area (Å²) >= 11 is 1.34. The molecular formula is C14H13N3O2S. The van der Waals surface area contributed by atoms with Crippen molar-refractivity contribution >= 4 is 33.1 Å². The number of amides is 1. The number of carbonyl (C=O) groups excluding carboxylic acids is 1. The summed E-state index contributed by atoms with van der Waals surface area (Å²) in [4.78, 5) is 17.0. The van der Waals surface area contributed by atoms with Crippen molar-refractivity contribution < 1.29 is 9.21 Å². The standard InChI is InChI=1S/C14H13N3O2S/c1-8(9-4-3-7-19-9)17-14(18)13-11(15)12-10(20-13)5-2-6-16-12/h2-8H,15H2,1H3,(H,17,18). The van der Waals surface area contributed by atoms with Crippen LogP contribution in [0.2, 0.25) is 0 Å². The van der Waals surface area contributed by atoms with E-state index in [2.05, 4.69) is 10.3 Å². The molecule has 0 saturated carbocycles. The van der Waals surface area contributed by atoms with E-state index < -0.39 is 0 Å². The van der Waals surface area contributed by atoms with Crippen LogP contribution in [0.4, 0.5) is 5.69 Å². The Labute approximate surface area is 119 Å². The van der Waals surface area contributed by atoms with Gasteiger partial charge in [-0.05, 0) is 31.2 Å². The summed E-state index contributed by atoms with van der Waals surface area (Å²) in [6.07, 6.45) is 3.24. The minimum absolute atomic E-state index is 0.213. The van der Waals surface area contributed by atoms with Crippen molar-refractivity contribution in [2.75, 3.05) is 5.73 Å². The summed E-state index contributed by atoms with van der Waals surface area (Å²) in [6.45, 7) is 1.86. The SMILES string of the molecule is CC(NC(=O)c1sc2cccnc2c1N)c1ccco1. The Morgan fingerprint density at radius 2 is 2.30 bits per heavy atom. The highest BCUT2D eigenvalue weighted by atomic mass is 32.1. The summed E-state index contributed by atoms with van der Waals surface area (Å²) in [6, 6.07) is 7.12. The summed E-state index contributed by atoms with van der Waals surface area (Å²) < 4.78 is 6.17. The maximum absolute atomic E-state index is 12.3. The number of nitrogen functional groups attached to an aromatic ring is 1. The lowest BCUT2D eigenvalue weighted by Crippen LogP contribution is -2.26. The van der Waals surface area contributed by atoms with Gasteiger partial charge in [-0.15, -0.1) is 11.3 Å². The first kappa shape index (κ1) is 12.7. The number of fused-ring (bicyclic) bond motifs is 1. The number of nitrogens with two attached hydrogens (primary N) is 1. The normalized spacial score (nSPS) is 12.4. The molecule has 0 fully saturated rings. The molecule has 0 bridgehead atoms. The largest absolute Gasteiger partial charge is 0.467 e. The first-order valence-electron chi connectivity index (χ1n) is 6.14. The smallest absolute Gasteiger partial charge is 0.264 e. The van der Waals surface area contributed by atoms with Gasteiger partial charge in [-0.25, -0.2) is 0 Å². The number of furan rings is 1. The van der Waals surface area contributed by atoms with Crippen LogP contribution in [0.5, 0.6) is 0 Å². The Bertz CT molecular complexity index is 749. The number of anilines is 1. The Hall–Kier alpha value is -2.34. The van der Waals surface area contributed by atoms with Crippen molar-refractivity contribution in [3.05, 3.63) is 47.4 Å². The molecule has 3 rings (SSSR count). The van der Waals surface area contributed by atoms with Gasteiger partial charge in [0.1, 0.15) is 16.2 Å². The maximum Gasteiger partial charge on any atom is 0.264 e. The monoisotopic (exact) mass is 287 g/mol. The second-order valence-corrected chi connectivity index (χ2v) is 5.46. The van der Waals surface area contributed by atoms with Gasteiger partial charge in [0.2, 0.25) is 0 Å². The third-order valence-corrected chi connectivity index (χ3v) is 4.17. The third-order valence-electron chi connectivity index (χ3n) is 3.01. The molecular weight excluding hydrogens is 274 g/mol. The van der Waals surface area contributed by atoms with Crippen LogP contribution in [-0.4, -0.2) is 10.9 Å². The summed E-state index contributed by atoms with van der Waals surface area (Å²) in [5.41, 5.74) is 7.10. The summed E-state index contributed by atoms with van der Waals surface area (Å²) in [7, 11) is 0. The minimum Gasteiger partial charge on any atom is -0.467 e. The van der Waals surface area contributed by atoms with E-state index in [4.69, 9.17) is 10.2 Å². The van der Waals surface area contributed by atoms with Crippen LogP contribution in [0.3, 0.4) is 0 Å². The van der Waals surface area contributed by atoms with Gasteiger partial charge in [0.05, 0.1) is 22.7 Å². The van der Waals surface area contributed by atoms with Crippen LogP contribution in [0.1, 0.15) is 28.4 Å². The molecule has 0 spiro atoms. The lowest BCUT2D eigenvalue weighted by atomic mass is 10.2. The average Bonchev–Trinajstić information content (AvgIpc) is 3.07. The highest BCUT2D eigenvalue weighted by Gasteiger charge is 2.19. The number of rotatable bonds is 3. The molecule has 0 aliphatic rings. The number of carbonyl (C=O) groups is 1. The molecule has 1 amide bonds. The Balaban J connectivity index is 1.87. The molecule has 3 aromatic rings. The average molecular weight is 287 g/mol. The van der Waals surface area contributed by atoms with Gasteiger partial charge in [0, 0.05) is 6.20 Å². The topological polar surface area (TPSA) is 81.2 Å². The number of nitrogens with one attached hydrogen (secondary N) is 1. The van der Waals surface area contributed by atoms with E-state index in [9.17, 15) is 4.79 Å². The zero-order valence-corrected chi connectivity index (χ0v) is 11.6.